The van der Waals surface area contributed by atoms with Gasteiger partial charge in [-0.3, -0.25) is 9.59 Å². The van der Waals surface area contributed by atoms with Crippen LogP contribution < -0.4 is 10.6 Å². The molecule has 3 N–H and O–H groups in total. The Morgan fingerprint density at radius 3 is 2.48 bits per heavy atom. The lowest BCUT2D eigenvalue weighted by molar-refractivity contribution is -0.133. The lowest BCUT2D eigenvalue weighted by Gasteiger charge is -2.08. The van der Waals surface area contributed by atoms with Gasteiger partial charge in [-0.15, -0.1) is 0 Å². The molecule has 0 aliphatic carbocycles. The summed E-state index contributed by atoms with van der Waals surface area (Å²) in [6, 6.07) is 11.0. The highest BCUT2D eigenvalue weighted by Crippen LogP contribution is 2.26. The Balaban J connectivity index is 2.06. The van der Waals surface area contributed by atoms with E-state index in [0.717, 1.165) is 4.47 Å². The molecule has 7 heteroatoms. The largest absolute Gasteiger partial charge is 0.506 e. The summed E-state index contributed by atoms with van der Waals surface area (Å²) in [6.45, 7) is 0. The van der Waals surface area contributed by atoms with Crippen LogP contribution in [-0.2, 0) is 9.59 Å². The van der Waals surface area contributed by atoms with Crippen molar-refractivity contribution < 1.29 is 14.7 Å². The van der Waals surface area contributed by atoms with Crippen molar-refractivity contribution in [3.8, 4) is 5.75 Å². The second-order valence-corrected chi connectivity index (χ2v) is 5.43. The van der Waals surface area contributed by atoms with E-state index in [0.29, 0.717) is 10.7 Å². The summed E-state index contributed by atoms with van der Waals surface area (Å²) in [4.78, 5) is 23.5. The van der Waals surface area contributed by atoms with E-state index in [4.69, 9.17) is 11.6 Å². The highest BCUT2D eigenvalue weighted by atomic mass is 79.9. The molecule has 108 valence electrons. The van der Waals surface area contributed by atoms with Crippen LogP contribution in [0, 0.1) is 0 Å². The molecule has 5 nitrogen and oxygen atoms in total. The van der Waals surface area contributed by atoms with E-state index in [9.17, 15) is 14.7 Å². The van der Waals surface area contributed by atoms with Gasteiger partial charge >= 0.3 is 11.8 Å². The second-order valence-electron chi connectivity index (χ2n) is 4.08. The minimum absolute atomic E-state index is 0.0666. The number of aromatic hydroxyl groups is 1. The monoisotopic (exact) mass is 368 g/mol. The standard InChI is InChI=1S/C14H10BrClN2O3/c15-8-2-1-3-10(6-8)17-13(20)14(21)18-11-7-9(16)4-5-12(11)19/h1-7,19H,(H,17,20)(H,18,21). The van der Waals surface area contributed by atoms with Gasteiger partial charge in [0, 0.05) is 15.2 Å². The number of rotatable bonds is 2. The van der Waals surface area contributed by atoms with Gasteiger partial charge in [-0.25, -0.2) is 0 Å². The molecule has 0 bridgehead atoms. The summed E-state index contributed by atoms with van der Waals surface area (Å²) in [5, 5.41) is 14.6. The summed E-state index contributed by atoms with van der Waals surface area (Å²) >= 11 is 9.02. The minimum Gasteiger partial charge on any atom is -0.506 e. The fourth-order valence-electron chi connectivity index (χ4n) is 1.54. The predicted octanol–water partition coefficient (Wildman–Crippen LogP) is 3.39. The number of halogens is 2. The SMILES string of the molecule is O=C(Nc1cccc(Br)c1)C(=O)Nc1cc(Cl)ccc1O. The summed E-state index contributed by atoms with van der Waals surface area (Å²) in [6.07, 6.45) is 0. The Bertz CT molecular complexity index is 706. The second kappa shape index (κ2) is 6.60. The van der Waals surface area contributed by atoms with Crippen LogP contribution in [0.3, 0.4) is 0 Å². The van der Waals surface area contributed by atoms with E-state index < -0.39 is 11.8 Å². The molecular weight excluding hydrogens is 360 g/mol. The molecular formula is C14H10BrClN2O3. The van der Waals surface area contributed by atoms with Crippen LogP contribution in [0.2, 0.25) is 5.02 Å². The van der Waals surface area contributed by atoms with E-state index >= 15 is 0 Å². The maximum Gasteiger partial charge on any atom is 0.314 e. The minimum atomic E-state index is -0.910. The molecule has 2 aromatic rings. The van der Waals surface area contributed by atoms with Crippen molar-refractivity contribution in [1.82, 2.24) is 0 Å². The van der Waals surface area contributed by atoms with Gasteiger partial charge in [0.05, 0.1) is 5.69 Å². The predicted molar refractivity (Wildman–Crippen MR) is 84.5 cm³/mol. The summed E-state index contributed by atoms with van der Waals surface area (Å²) in [5.74, 6) is -1.94. The zero-order chi connectivity index (χ0) is 15.4. The third-order valence-corrected chi connectivity index (χ3v) is 3.22. The van der Waals surface area contributed by atoms with Crippen molar-refractivity contribution in [3.63, 3.8) is 0 Å². The van der Waals surface area contributed by atoms with Crippen molar-refractivity contribution in [2.75, 3.05) is 10.6 Å². The topological polar surface area (TPSA) is 78.4 Å². The average Bonchev–Trinajstić information content (AvgIpc) is 2.43. The highest BCUT2D eigenvalue weighted by Gasteiger charge is 2.16. The van der Waals surface area contributed by atoms with Gasteiger partial charge in [-0.2, -0.15) is 0 Å². The van der Waals surface area contributed by atoms with E-state index in [-0.39, 0.29) is 11.4 Å². The number of benzene rings is 2. The van der Waals surface area contributed by atoms with Gasteiger partial charge in [0.2, 0.25) is 0 Å². The molecule has 0 saturated carbocycles. The zero-order valence-electron chi connectivity index (χ0n) is 10.6. The Hall–Kier alpha value is -2.05. The first kappa shape index (κ1) is 15.3. The van der Waals surface area contributed by atoms with Crippen molar-refractivity contribution in [3.05, 3.63) is 52.0 Å². The van der Waals surface area contributed by atoms with E-state index in [1.165, 1.54) is 18.2 Å². The molecule has 0 aliphatic heterocycles. The van der Waals surface area contributed by atoms with Gasteiger partial charge < -0.3 is 15.7 Å². The van der Waals surface area contributed by atoms with Crippen molar-refractivity contribution in [2.45, 2.75) is 0 Å². The van der Waals surface area contributed by atoms with Crippen LogP contribution in [0.25, 0.3) is 0 Å². The van der Waals surface area contributed by atoms with Crippen molar-refractivity contribution >= 4 is 50.7 Å². The van der Waals surface area contributed by atoms with E-state index in [1.807, 2.05) is 0 Å². The number of phenols is 1. The van der Waals surface area contributed by atoms with Gasteiger partial charge in [-0.05, 0) is 36.4 Å². The zero-order valence-corrected chi connectivity index (χ0v) is 12.9. The van der Waals surface area contributed by atoms with Crippen molar-refractivity contribution in [2.24, 2.45) is 0 Å². The van der Waals surface area contributed by atoms with Gasteiger partial charge in [0.15, 0.2) is 0 Å². The molecule has 0 radical (unpaired) electrons. The highest BCUT2D eigenvalue weighted by molar-refractivity contribution is 9.10. The van der Waals surface area contributed by atoms with Crippen molar-refractivity contribution in [1.29, 1.82) is 0 Å². The molecule has 0 fully saturated rings. The number of carbonyl (C=O) groups excluding carboxylic acids is 2. The lowest BCUT2D eigenvalue weighted by atomic mass is 10.3. The first-order valence-electron chi connectivity index (χ1n) is 5.82. The van der Waals surface area contributed by atoms with Gasteiger partial charge in [0.1, 0.15) is 5.75 Å². The Morgan fingerprint density at radius 2 is 1.76 bits per heavy atom. The molecule has 0 atom stereocenters. The normalized spacial score (nSPS) is 10.0. The quantitative estimate of drug-likeness (QED) is 0.561. The molecule has 0 unspecified atom stereocenters. The molecule has 2 amide bonds. The van der Waals surface area contributed by atoms with Crippen LogP contribution in [-0.4, -0.2) is 16.9 Å². The van der Waals surface area contributed by atoms with Gasteiger partial charge in [0.25, 0.3) is 0 Å². The molecule has 0 heterocycles. The third kappa shape index (κ3) is 4.21. The maximum absolute atomic E-state index is 11.8. The number of hydrogen-bond acceptors (Lipinski definition) is 3. The number of hydrogen-bond donors (Lipinski definition) is 3. The number of carbonyl (C=O) groups is 2. The molecule has 0 aliphatic rings. The summed E-state index contributed by atoms with van der Waals surface area (Å²) in [5.41, 5.74) is 0.539. The summed E-state index contributed by atoms with van der Waals surface area (Å²) in [7, 11) is 0. The first-order chi connectivity index (χ1) is 9.95. The maximum atomic E-state index is 11.8. The molecule has 0 aromatic heterocycles. The van der Waals surface area contributed by atoms with E-state index in [1.54, 1.807) is 24.3 Å². The van der Waals surface area contributed by atoms with Gasteiger partial charge in [-0.1, -0.05) is 33.6 Å². The molecule has 21 heavy (non-hydrogen) atoms. The third-order valence-electron chi connectivity index (χ3n) is 2.50. The number of amides is 2. The Kier molecular flexibility index (Phi) is 4.82. The Morgan fingerprint density at radius 1 is 1.05 bits per heavy atom. The fourth-order valence-corrected chi connectivity index (χ4v) is 2.11. The molecule has 0 saturated heterocycles. The summed E-state index contributed by atoms with van der Waals surface area (Å²) < 4.78 is 0.771. The average molecular weight is 370 g/mol. The fraction of sp³-hybridized carbons (Fsp3) is 0. The first-order valence-corrected chi connectivity index (χ1v) is 6.99. The molecule has 0 spiro atoms. The molecule has 2 rings (SSSR count). The molecule has 2 aromatic carbocycles. The van der Waals surface area contributed by atoms with Crippen LogP contribution in [0.15, 0.2) is 46.9 Å². The lowest BCUT2D eigenvalue weighted by Crippen LogP contribution is -2.29. The number of phenolic OH excluding ortho intramolecular Hbond substituents is 1. The van der Waals surface area contributed by atoms with Crippen LogP contribution in [0.4, 0.5) is 11.4 Å². The number of nitrogens with one attached hydrogen (secondary N) is 2. The smallest absolute Gasteiger partial charge is 0.314 e. The Labute approximate surface area is 134 Å². The van der Waals surface area contributed by atoms with Crippen LogP contribution >= 0.6 is 27.5 Å². The van der Waals surface area contributed by atoms with E-state index in [2.05, 4.69) is 26.6 Å². The van der Waals surface area contributed by atoms with Crippen LogP contribution in [0.5, 0.6) is 5.75 Å². The number of anilines is 2. The van der Waals surface area contributed by atoms with Crippen LogP contribution in [0.1, 0.15) is 0 Å².